The second-order valence-corrected chi connectivity index (χ2v) is 3.79. The number of rotatable bonds is 4. The number of hydrogen-bond acceptors (Lipinski definition) is 1. The second kappa shape index (κ2) is 5.16. The van der Waals surface area contributed by atoms with Crippen molar-refractivity contribution in [2.45, 2.75) is 25.9 Å². The lowest BCUT2D eigenvalue weighted by Crippen LogP contribution is -2.05. The quantitative estimate of drug-likeness (QED) is 0.785. The SMILES string of the molecule is C=C(C)CCC(O)c1c(F)cc(F)cc1F. The molecule has 0 aliphatic heterocycles. The Morgan fingerprint density at radius 2 is 1.81 bits per heavy atom. The molecule has 1 atom stereocenters. The highest BCUT2D eigenvalue weighted by Gasteiger charge is 2.19. The third kappa shape index (κ3) is 3.10. The Bertz CT molecular complexity index is 378. The lowest BCUT2D eigenvalue weighted by Gasteiger charge is -2.12. The van der Waals surface area contributed by atoms with Gasteiger partial charge in [0.2, 0.25) is 0 Å². The summed E-state index contributed by atoms with van der Waals surface area (Å²) in [6, 6.07) is 1.12. The first-order chi connectivity index (χ1) is 7.41. The summed E-state index contributed by atoms with van der Waals surface area (Å²) in [7, 11) is 0. The highest BCUT2D eigenvalue weighted by atomic mass is 19.1. The minimum absolute atomic E-state index is 0.162. The molecule has 1 N–H and O–H groups in total. The van der Waals surface area contributed by atoms with Gasteiger partial charge in [0.25, 0.3) is 0 Å². The fourth-order valence-electron chi connectivity index (χ4n) is 1.40. The molecule has 0 amide bonds. The normalized spacial score (nSPS) is 12.6. The van der Waals surface area contributed by atoms with Crippen molar-refractivity contribution >= 4 is 0 Å². The highest BCUT2D eigenvalue weighted by molar-refractivity contribution is 5.23. The van der Waals surface area contributed by atoms with E-state index in [1.165, 1.54) is 0 Å². The zero-order valence-corrected chi connectivity index (χ0v) is 8.93. The van der Waals surface area contributed by atoms with Crippen LogP contribution in [0.3, 0.4) is 0 Å². The van der Waals surface area contributed by atoms with Gasteiger partial charge in [-0.15, -0.1) is 6.58 Å². The van der Waals surface area contributed by atoms with Gasteiger partial charge in [-0.2, -0.15) is 0 Å². The molecule has 1 nitrogen and oxygen atoms in total. The molecule has 0 aromatic heterocycles. The van der Waals surface area contributed by atoms with Gasteiger partial charge in [-0.3, -0.25) is 0 Å². The molecule has 4 heteroatoms. The number of aliphatic hydroxyl groups excluding tert-OH is 1. The van der Waals surface area contributed by atoms with Crippen LogP contribution in [0.5, 0.6) is 0 Å². The first kappa shape index (κ1) is 12.8. The Kier molecular flexibility index (Phi) is 4.12. The summed E-state index contributed by atoms with van der Waals surface area (Å²) in [5.41, 5.74) is 0.324. The van der Waals surface area contributed by atoms with Crippen LogP contribution in [0.4, 0.5) is 13.2 Å². The predicted octanol–water partition coefficient (Wildman–Crippen LogP) is 3.49. The van der Waals surface area contributed by atoms with Crippen LogP contribution in [0.15, 0.2) is 24.3 Å². The average molecular weight is 230 g/mol. The number of halogens is 3. The average Bonchev–Trinajstić information content (AvgIpc) is 2.12. The molecule has 0 bridgehead atoms. The first-order valence-electron chi connectivity index (χ1n) is 4.88. The molecule has 16 heavy (non-hydrogen) atoms. The van der Waals surface area contributed by atoms with Crippen molar-refractivity contribution in [1.29, 1.82) is 0 Å². The van der Waals surface area contributed by atoms with E-state index in [0.29, 0.717) is 18.6 Å². The second-order valence-electron chi connectivity index (χ2n) is 3.79. The zero-order valence-electron chi connectivity index (χ0n) is 8.93. The number of benzene rings is 1. The van der Waals surface area contributed by atoms with Crippen LogP contribution < -0.4 is 0 Å². The molecular weight excluding hydrogens is 217 g/mol. The van der Waals surface area contributed by atoms with E-state index in [1.54, 1.807) is 6.92 Å². The monoisotopic (exact) mass is 230 g/mol. The fraction of sp³-hybridized carbons (Fsp3) is 0.333. The molecule has 0 spiro atoms. The van der Waals surface area contributed by atoms with Gasteiger partial charge in [0.15, 0.2) is 0 Å². The number of allylic oxidation sites excluding steroid dienone is 1. The highest BCUT2D eigenvalue weighted by Crippen LogP contribution is 2.26. The summed E-state index contributed by atoms with van der Waals surface area (Å²) in [6.07, 6.45) is -0.663. The van der Waals surface area contributed by atoms with Crippen LogP contribution in [0, 0.1) is 17.5 Å². The third-order valence-electron chi connectivity index (χ3n) is 2.22. The molecule has 1 unspecified atom stereocenters. The lowest BCUT2D eigenvalue weighted by atomic mass is 10.0. The van der Waals surface area contributed by atoms with Crippen molar-refractivity contribution in [1.82, 2.24) is 0 Å². The summed E-state index contributed by atoms with van der Waals surface area (Å²) >= 11 is 0. The minimum Gasteiger partial charge on any atom is -0.388 e. The molecule has 0 aliphatic rings. The van der Waals surface area contributed by atoms with Crippen molar-refractivity contribution in [3.63, 3.8) is 0 Å². The van der Waals surface area contributed by atoms with Crippen LogP contribution in [-0.4, -0.2) is 5.11 Å². The molecule has 0 radical (unpaired) electrons. The van der Waals surface area contributed by atoms with E-state index in [9.17, 15) is 18.3 Å². The molecule has 1 aromatic rings. The molecule has 0 aliphatic carbocycles. The topological polar surface area (TPSA) is 20.2 Å². The third-order valence-corrected chi connectivity index (χ3v) is 2.22. The van der Waals surface area contributed by atoms with Gasteiger partial charge in [-0.1, -0.05) is 5.57 Å². The summed E-state index contributed by atoms with van der Waals surface area (Å²) in [5.74, 6) is -3.12. The van der Waals surface area contributed by atoms with Crippen LogP contribution in [0.1, 0.15) is 31.4 Å². The van der Waals surface area contributed by atoms with Gasteiger partial charge in [-0.05, 0) is 19.8 Å². The van der Waals surface area contributed by atoms with Crippen molar-refractivity contribution in [3.8, 4) is 0 Å². The summed E-state index contributed by atoms with van der Waals surface area (Å²) < 4.78 is 39.1. The van der Waals surface area contributed by atoms with Gasteiger partial charge >= 0.3 is 0 Å². The molecule has 0 saturated carbocycles. The van der Waals surface area contributed by atoms with Crippen LogP contribution in [0.2, 0.25) is 0 Å². The maximum Gasteiger partial charge on any atom is 0.134 e. The Morgan fingerprint density at radius 1 is 1.31 bits per heavy atom. The van der Waals surface area contributed by atoms with Gasteiger partial charge in [0.1, 0.15) is 17.5 Å². The van der Waals surface area contributed by atoms with Crippen molar-refractivity contribution < 1.29 is 18.3 Å². The van der Waals surface area contributed by atoms with Crippen LogP contribution in [-0.2, 0) is 0 Å². The van der Waals surface area contributed by atoms with E-state index < -0.39 is 29.1 Å². The molecular formula is C12H13F3O. The molecule has 1 aromatic carbocycles. The Balaban J connectivity index is 2.90. The van der Waals surface area contributed by atoms with E-state index in [-0.39, 0.29) is 6.42 Å². The largest absolute Gasteiger partial charge is 0.388 e. The summed E-state index contributed by atoms with van der Waals surface area (Å²) in [5, 5.41) is 9.58. The maximum absolute atomic E-state index is 13.2. The van der Waals surface area contributed by atoms with Crippen LogP contribution >= 0.6 is 0 Å². The van der Waals surface area contributed by atoms with Crippen molar-refractivity contribution in [2.24, 2.45) is 0 Å². The van der Waals surface area contributed by atoms with Crippen molar-refractivity contribution in [2.75, 3.05) is 0 Å². The van der Waals surface area contributed by atoms with Crippen LogP contribution in [0.25, 0.3) is 0 Å². The van der Waals surface area contributed by atoms with E-state index in [1.807, 2.05) is 0 Å². The first-order valence-corrected chi connectivity index (χ1v) is 4.88. The van der Waals surface area contributed by atoms with Gasteiger partial charge in [-0.25, -0.2) is 13.2 Å². The van der Waals surface area contributed by atoms with Gasteiger partial charge in [0.05, 0.1) is 11.7 Å². The molecule has 1 rings (SSSR count). The molecule has 0 fully saturated rings. The number of aliphatic hydroxyl groups is 1. The minimum atomic E-state index is -1.28. The fourth-order valence-corrected chi connectivity index (χ4v) is 1.40. The smallest absolute Gasteiger partial charge is 0.134 e. The van der Waals surface area contributed by atoms with E-state index in [2.05, 4.69) is 6.58 Å². The number of hydrogen-bond donors (Lipinski definition) is 1. The maximum atomic E-state index is 13.2. The van der Waals surface area contributed by atoms with E-state index in [4.69, 9.17) is 0 Å². The summed E-state index contributed by atoms with van der Waals surface area (Å²) in [6.45, 7) is 5.38. The van der Waals surface area contributed by atoms with Gasteiger partial charge < -0.3 is 5.11 Å². The van der Waals surface area contributed by atoms with Crippen molar-refractivity contribution in [3.05, 3.63) is 47.3 Å². The summed E-state index contributed by atoms with van der Waals surface area (Å²) in [4.78, 5) is 0. The molecule has 0 heterocycles. The van der Waals surface area contributed by atoms with Gasteiger partial charge in [0, 0.05) is 12.1 Å². The van der Waals surface area contributed by atoms with E-state index in [0.717, 1.165) is 5.57 Å². The zero-order chi connectivity index (χ0) is 12.3. The Labute approximate surface area is 92.2 Å². The predicted molar refractivity (Wildman–Crippen MR) is 55.3 cm³/mol. The Morgan fingerprint density at radius 3 is 2.25 bits per heavy atom. The molecule has 88 valence electrons. The van der Waals surface area contributed by atoms with E-state index >= 15 is 0 Å². The Hall–Kier alpha value is -1.29. The lowest BCUT2D eigenvalue weighted by molar-refractivity contribution is 0.158. The molecule has 0 saturated heterocycles. The standard InChI is InChI=1S/C12H13F3O/c1-7(2)3-4-11(16)12-9(14)5-8(13)6-10(12)15/h5-6,11,16H,1,3-4H2,2H3.